The maximum absolute atomic E-state index is 13.5. The second kappa shape index (κ2) is 6.82. The Bertz CT molecular complexity index is 561. The summed E-state index contributed by atoms with van der Waals surface area (Å²) in [4.78, 5) is 12.4. The van der Waals surface area contributed by atoms with Crippen LogP contribution in [0.15, 0.2) is 0 Å². The fraction of sp³-hybridized carbons (Fsp3) is 0.933. The van der Waals surface area contributed by atoms with Gasteiger partial charge in [0, 0.05) is 0 Å². The van der Waals surface area contributed by atoms with Gasteiger partial charge in [-0.3, -0.25) is 9.35 Å². The van der Waals surface area contributed by atoms with Crippen molar-refractivity contribution < 1.29 is 35.7 Å². The highest BCUT2D eigenvalue weighted by Crippen LogP contribution is 2.47. The Morgan fingerprint density at radius 2 is 1.50 bits per heavy atom. The SMILES string of the molecule is CC(C)(C)CC(C)(C(=O)OCC(F)C(F)(F)S(=O)(=O)O)C(C)(C)C. The molecular formula is C15H27F3O5S. The fourth-order valence-corrected chi connectivity index (χ4v) is 2.66. The van der Waals surface area contributed by atoms with Crippen LogP contribution in [0.4, 0.5) is 13.2 Å². The molecule has 0 spiro atoms. The summed E-state index contributed by atoms with van der Waals surface area (Å²) in [6.07, 6.45) is -3.02. The third kappa shape index (κ3) is 5.34. The van der Waals surface area contributed by atoms with E-state index in [2.05, 4.69) is 4.74 Å². The van der Waals surface area contributed by atoms with Crippen molar-refractivity contribution in [2.45, 2.75) is 66.3 Å². The number of rotatable bonds is 6. The van der Waals surface area contributed by atoms with Crippen LogP contribution < -0.4 is 0 Å². The standard InChI is InChI=1S/C15H27F3O5S/c1-12(2,3)9-14(7,13(4,5)6)11(19)23-8-10(16)15(17,18)24(20,21)22/h10H,8-9H2,1-7H3,(H,20,21,22). The van der Waals surface area contributed by atoms with Gasteiger partial charge in [-0.25, -0.2) is 4.39 Å². The summed E-state index contributed by atoms with van der Waals surface area (Å²) in [5.74, 6) is -0.904. The first kappa shape index (κ1) is 23.2. The minimum atomic E-state index is -5.94. The number of esters is 1. The lowest BCUT2D eigenvalue weighted by Gasteiger charge is -2.43. The summed E-state index contributed by atoms with van der Waals surface area (Å²) in [6.45, 7) is 11.1. The van der Waals surface area contributed by atoms with Gasteiger partial charge in [-0.2, -0.15) is 17.2 Å². The average molecular weight is 376 g/mol. The van der Waals surface area contributed by atoms with Gasteiger partial charge in [0.15, 0.2) is 0 Å². The van der Waals surface area contributed by atoms with Gasteiger partial charge >= 0.3 is 21.3 Å². The number of ether oxygens (including phenoxy) is 1. The van der Waals surface area contributed by atoms with E-state index in [4.69, 9.17) is 4.55 Å². The molecule has 0 heterocycles. The summed E-state index contributed by atoms with van der Waals surface area (Å²) >= 11 is 0. The maximum Gasteiger partial charge on any atom is 0.403 e. The molecule has 0 saturated carbocycles. The zero-order chi connectivity index (χ0) is 19.8. The lowest BCUT2D eigenvalue weighted by Crippen LogP contribution is -2.46. The number of carbonyl (C=O) groups is 1. The van der Waals surface area contributed by atoms with Crippen molar-refractivity contribution in [2.75, 3.05) is 6.61 Å². The van der Waals surface area contributed by atoms with Crippen LogP contribution >= 0.6 is 0 Å². The number of carbonyl (C=O) groups excluding carboxylic acids is 1. The van der Waals surface area contributed by atoms with Gasteiger partial charge < -0.3 is 4.74 Å². The molecule has 0 aromatic heterocycles. The molecule has 0 saturated heterocycles. The summed E-state index contributed by atoms with van der Waals surface area (Å²) in [7, 11) is -5.94. The molecule has 1 N–H and O–H groups in total. The molecule has 0 aliphatic carbocycles. The molecule has 24 heavy (non-hydrogen) atoms. The van der Waals surface area contributed by atoms with Crippen LogP contribution in [0.1, 0.15) is 54.9 Å². The molecule has 0 amide bonds. The normalized spacial score (nSPS) is 18.0. The molecule has 144 valence electrons. The Morgan fingerprint density at radius 3 is 1.79 bits per heavy atom. The highest BCUT2D eigenvalue weighted by molar-refractivity contribution is 7.86. The van der Waals surface area contributed by atoms with Gasteiger partial charge in [-0.15, -0.1) is 0 Å². The second-order valence-corrected chi connectivity index (χ2v) is 9.92. The van der Waals surface area contributed by atoms with Crippen molar-refractivity contribution in [3.05, 3.63) is 0 Å². The van der Waals surface area contributed by atoms with Crippen LogP contribution in [-0.2, 0) is 19.6 Å². The zero-order valence-electron chi connectivity index (χ0n) is 15.1. The molecule has 9 heteroatoms. The Labute approximate surface area is 141 Å². The van der Waals surface area contributed by atoms with Gasteiger partial charge in [-0.1, -0.05) is 41.5 Å². The van der Waals surface area contributed by atoms with E-state index in [1.165, 1.54) is 0 Å². The van der Waals surface area contributed by atoms with Crippen molar-refractivity contribution in [2.24, 2.45) is 16.2 Å². The quantitative estimate of drug-likeness (QED) is 0.563. The van der Waals surface area contributed by atoms with E-state index in [1.807, 2.05) is 20.8 Å². The molecule has 2 unspecified atom stereocenters. The van der Waals surface area contributed by atoms with E-state index in [0.29, 0.717) is 6.42 Å². The summed E-state index contributed by atoms with van der Waals surface area (Å²) in [5, 5.41) is -5.05. The first-order valence-electron chi connectivity index (χ1n) is 7.42. The van der Waals surface area contributed by atoms with Crippen molar-refractivity contribution in [1.29, 1.82) is 0 Å². The summed E-state index contributed by atoms with van der Waals surface area (Å²) < 4.78 is 73.9. The lowest BCUT2D eigenvalue weighted by atomic mass is 9.61. The van der Waals surface area contributed by atoms with Gasteiger partial charge in [0.1, 0.15) is 6.61 Å². The lowest BCUT2D eigenvalue weighted by molar-refractivity contribution is -0.169. The van der Waals surface area contributed by atoms with Crippen molar-refractivity contribution >= 4 is 16.1 Å². The Morgan fingerprint density at radius 1 is 1.08 bits per heavy atom. The topological polar surface area (TPSA) is 80.7 Å². The summed E-state index contributed by atoms with van der Waals surface area (Å²) in [6, 6.07) is 0. The van der Waals surface area contributed by atoms with Crippen molar-refractivity contribution in [1.82, 2.24) is 0 Å². The molecule has 0 radical (unpaired) electrons. The number of halogens is 3. The highest BCUT2D eigenvalue weighted by Gasteiger charge is 2.54. The molecule has 2 atom stereocenters. The number of alkyl halides is 3. The third-order valence-electron chi connectivity index (χ3n) is 4.06. The highest BCUT2D eigenvalue weighted by atomic mass is 32.2. The van der Waals surface area contributed by atoms with E-state index < -0.39 is 45.0 Å². The molecule has 0 rings (SSSR count). The van der Waals surface area contributed by atoms with Gasteiger partial charge in [0.25, 0.3) is 0 Å². The predicted molar refractivity (Wildman–Crippen MR) is 84.0 cm³/mol. The molecule has 0 bridgehead atoms. The molecule has 5 nitrogen and oxygen atoms in total. The number of hydrogen-bond donors (Lipinski definition) is 1. The molecular weight excluding hydrogens is 349 g/mol. The van der Waals surface area contributed by atoms with Crippen LogP contribution in [0, 0.1) is 16.2 Å². The van der Waals surface area contributed by atoms with Gasteiger partial charge in [0.2, 0.25) is 6.17 Å². The minimum absolute atomic E-state index is 0.297. The van der Waals surface area contributed by atoms with Gasteiger partial charge in [0.05, 0.1) is 5.41 Å². The Kier molecular flexibility index (Phi) is 6.58. The van der Waals surface area contributed by atoms with E-state index in [-0.39, 0.29) is 5.41 Å². The molecule has 0 aromatic carbocycles. The fourth-order valence-electron chi connectivity index (χ4n) is 2.27. The molecule has 0 aliphatic rings. The first-order chi connectivity index (χ1) is 10.3. The largest absolute Gasteiger partial charge is 0.462 e. The second-order valence-electron chi connectivity index (χ2n) is 8.42. The van der Waals surface area contributed by atoms with Gasteiger partial charge in [-0.05, 0) is 24.2 Å². The zero-order valence-corrected chi connectivity index (χ0v) is 15.9. The van der Waals surface area contributed by atoms with E-state index in [1.54, 1.807) is 27.7 Å². The van der Waals surface area contributed by atoms with E-state index >= 15 is 0 Å². The third-order valence-corrected chi connectivity index (χ3v) is 5.00. The van der Waals surface area contributed by atoms with E-state index in [0.717, 1.165) is 0 Å². The van der Waals surface area contributed by atoms with Crippen molar-refractivity contribution in [3.8, 4) is 0 Å². The van der Waals surface area contributed by atoms with Crippen LogP contribution in [0.3, 0.4) is 0 Å². The Balaban J connectivity index is 5.32. The molecule has 0 aromatic rings. The van der Waals surface area contributed by atoms with Crippen LogP contribution in [-0.4, -0.2) is 37.0 Å². The molecule has 0 fully saturated rings. The average Bonchev–Trinajstić information content (AvgIpc) is 2.30. The molecule has 0 aliphatic heterocycles. The van der Waals surface area contributed by atoms with Crippen molar-refractivity contribution in [3.63, 3.8) is 0 Å². The summed E-state index contributed by atoms with van der Waals surface area (Å²) in [5.41, 5.74) is -2.03. The van der Waals surface area contributed by atoms with Crippen LogP contribution in [0.5, 0.6) is 0 Å². The van der Waals surface area contributed by atoms with Crippen LogP contribution in [0.2, 0.25) is 0 Å². The maximum atomic E-state index is 13.5. The first-order valence-corrected chi connectivity index (χ1v) is 8.86. The number of hydrogen-bond acceptors (Lipinski definition) is 4. The van der Waals surface area contributed by atoms with Crippen LogP contribution in [0.25, 0.3) is 0 Å². The smallest absolute Gasteiger partial charge is 0.403 e. The monoisotopic (exact) mass is 376 g/mol. The Hall–Kier alpha value is -0.830. The minimum Gasteiger partial charge on any atom is -0.462 e. The predicted octanol–water partition coefficient (Wildman–Crippen LogP) is 3.84. The van der Waals surface area contributed by atoms with E-state index in [9.17, 15) is 26.4 Å².